The molecule has 2 aliphatic rings. The molecule has 178 valence electrons. The Hall–Kier alpha value is -2.74. The standard InChI is InChI=1S/C25H38N8/c1-2-32-17-10-15-22(32)19-27-23-29-24(28-20-11-6-3-4-7-12-20)31-25(30-23)33(18-16-26)21-13-8-5-9-14-21/h5,8-9,13-14,16,20,22,26H,2-4,6-7,10-12,15,17-19H2,1H3,(H2,27,28,29,30,31). The fourth-order valence-electron chi connectivity index (χ4n) is 4.99. The Labute approximate surface area is 197 Å². The minimum Gasteiger partial charge on any atom is -0.352 e. The number of likely N-dealkylation sites (N-methyl/N-ethyl adjacent to an activating group) is 1. The summed E-state index contributed by atoms with van der Waals surface area (Å²) >= 11 is 0. The van der Waals surface area contributed by atoms with Crippen molar-refractivity contribution in [1.29, 1.82) is 5.41 Å². The molecule has 0 radical (unpaired) electrons. The van der Waals surface area contributed by atoms with Crippen LogP contribution in [0, 0.1) is 5.41 Å². The van der Waals surface area contributed by atoms with Gasteiger partial charge in [0.05, 0.1) is 6.54 Å². The normalized spacial score (nSPS) is 19.7. The Morgan fingerprint density at radius 1 is 1.00 bits per heavy atom. The largest absolute Gasteiger partial charge is 0.352 e. The topological polar surface area (TPSA) is 93.1 Å². The third-order valence-electron chi connectivity index (χ3n) is 6.80. The van der Waals surface area contributed by atoms with Crippen molar-refractivity contribution in [2.24, 2.45) is 0 Å². The molecule has 8 heteroatoms. The average molecular weight is 451 g/mol. The first-order valence-corrected chi connectivity index (χ1v) is 12.6. The van der Waals surface area contributed by atoms with Crippen molar-refractivity contribution in [3.05, 3.63) is 30.3 Å². The van der Waals surface area contributed by atoms with Crippen LogP contribution < -0.4 is 15.5 Å². The molecule has 0 spiro atoms. The molecule has 1 aliphatic heterocycles. The van der Waals surface area contributed by atoms with E-state index in [0.717, 1.165) is 31.6 Å². The van der Waals surface area contributed by atoms with Crippen LogP contribution in [0.5, 0.6) is 0 Å². The van der Waals surface area contributed by atoms with Gasteiger partial charge in [0.15, 0.2) is 0 Å². The van der Waals surface area contributed by atoms with Gasteiger partial charge in [0.25, 0.3) is 0 Å². The van der Waals surface area contributed by atoms with Crippen molar-refractivity contribution in [2.45, 2.75) is 70.4 Å². The van der Waals surface area contributed by atoms with Gasteiger partial charge in [-0.2, -0.15) is 15.0 Å². The summed E-state index contributed by atoms with van der Waals surface area (Å²) in [5.74, 6) is 1.79. The van der Waals surface area contributed by atoms with E-state index in [1.54, 1.807) is 0 Å². The maximum absolute atomic E-state index is 7.73. The molecule has 1 aromatic heterocycles. The summed E-state index contributed by atoms with van der Waals surface area (Å²) in [5.41, 5.74) is 0.964. The molecule has 0 bridgehead atoms. The van der Waals surface area contributed by atoms with Crippen LogP contribution in [0.3, 0.4) is 0 Å². The molecule has 8 nitrogen and oxygen atoms in total. The van der Waals surface area contributed by atoms with Gasteiger partial charge in [-0.1, -0.05) is 50.8 Å². The summed E-state index contributed by atoms with van der Waals surface area (Å²) in [7, 11) is 0. The third kappa shape index (κ3) is 6.41. The Morgan fingerprint density at radius 3 is 2.48 bits per heavy atom. The molecule has 2 aromatic rings. The molecular weight excluding hydrogens is 412 g/mol. The molecule has 2 fully saturated rings. The first-order valence-electron chi connectivity index (χ1n) is 12.6. The summed E-state index contributed by atoms with van der Waals surface area (Å²) in [6.07, 6.45) is 11.3. The van der Waals surface area contributed by atoms with Crippen LogP contribution in [-0.2, 0) is 0 Å². The summed E-state index contributed by atoms with van der Waals surface area (Å²) in [5, 5.41) is 14.8. The van der Waals surface area contributed by atoms with E-state index in [-0.39, 0.29) is 0 Å². The zero-order valence-electron chi connectivity index (χ0n) is 19.8. The van der Waals surface area contributed by atoms with Gasteiger partial charge in [-0.15, -0.1) is 0 Å². The van der Waals surface area contributed by atoms with Crippen molar-refractivity contribution >= 4 is 29.7 Å². The molecule has 1 saturated heterocycles. The Morgan fingerprint density at radius 2 is 1.76 bits per heavy atom. The summed E-state index contributed by atoms with van der Waals surface area (Å²) < 4.78 is 0. The van der Waals surface area contributed by atoms with E-state index in [4.69, 9.17) is 20.4 Å². The lowest BCUT2D eigenvalue weighted by Crippen LogP contribution is -2.35. The summed E-state index contributed by atoms with van der Waals surface area (Å²) in [4.78, 5) is 18.8. The van der Waals surface area contributed by atoms with Crippen LogP contribution in [0.15, 0.2) is 30.3 Å². The SMILES string of the molecule is CCN1CCCC1CNc1nc(NC2CCCCCC2)nc(N(CC=N)c2ccccc2)n1. The fourth-order valence-corrected chi connectivity index (χ4v) is 4.99. The van der Waals surface area contributed by atoms with Crippen LogP contribution in [0.2, 0.25) is 0 Å². The second-order valence-electron chi connectivity index (χ2n) is 9.07. The number of nitrogens with one attached hydrogen (secondary N) is 3. The lowest BCUT2D eigenvalue weighted by molar-refractivity contribution is 0.277. The lowest BCUT2D eigenvalue weighted by atomic mass is 10.1. The predicted octanol–water partition coefficient (Wildman–Crippen LogP) is 4.69. The molecule has 33 heavy (non-hydrogen) atoms. The molecule has 1 aliphatic carbocycles. The third-order valence-corrected chi connectivity index (χ3v) is 6.80. The van der Waals surface area contributed by atoms with Gasteiger partial charge in [0, 0.05) is 30.5 Å². The zero-order valence-corrected chi connectivity index (χ0v) is 19.8. The monoisotopic (exact) mass is 450 g/mol. The van der Waals surface area contributed by atoms with E-state index >= 15 is 0 Å². The number of nitrogens with zero attached hydrogens (tertiary/aromatic N) is 5. The average Bonchev–Trinajstić information content (AvgIpc) is 3.16. The van der Waals surface area contributed by atoms with Crippen molar-refractivity contribution < 1.29 is 0 Å². The van der Waals surface area contributed by atoms with Crippen LogP contribution in [0.4, 0.5) is 23.5 Å². The Kier molecular flexibility index (Phi) is 8.47. The first-order chi connectivity index (χ1) is 16.3. The van der Waals surface area contributed by atoms with E-state index in [0.29, 0.717) is 36.5 Å². The minimum atomic E-state index is 0.397. The molecule has 1 saturated carbocycles. The molecule has 2 heterocycles. The molecule has 0 amide bonds. The van der Waals surface area contributed by atoms with Gasteiger partial charge in [0.2, 0.25) is 17.8 Å². The number of aromatic nitrogens is 3. The van der Waals surface area contributed by atoms with E-state index in [2.05, 4.69) is 22.5 Å². The fraction of sp³-hybridized carbons (Fsp3) is 0.600. The molecule has 1 aromatic carbocycles. The van der Waals surface area contributed by atoms with Gasteiger partial charge in [-0.25, -0.2) is 0 Å². The quantitative estimate of drug-likeness (QED) is 0.357. The van der Waals surface area contributed by atoms with Crippen molar-refractivity contribution in [2.75, 3.05) is 41.7 Å². The minimum absolute atomic E-state index is 0.397. The highest BCUT2D eigenvalue weighted by atomic mass is 15.3. The van der Waals surface area contributed by atoms with E-state index in [9.17, 15) is 0 Å². The van der Waals surface area contributed by atoms with Gasteiger partial charge in [-0.3, -0.25) is 4.90 Å². The van der Waals surface area contributed by atoms with Gasteiger partial charge in [0.1, 0.15) is 0 Å². The maximum Gasteiger partial charge on any atom is 0.236 e. The number of hydrogen-bond acceptors (Lipinski definition) is 8. The molecule has 3 N–H and O–H groups in total. The van der Waals surface area contributed by atoms with Gasteiger partial charge >= 0.3 is 0 Å². The van der Waals surface area contributed by atoms with E-state index in [1.165, 1.54) is 51.3 Å². The maximum atomic E-state index is 7.73. The highest BCUT2D eigenvalue weighted by molar-refractivity contribution is 5.69. The van der Waals surface area contributed by atoms with Crippen molar-refractivity contribution in [3.8, 4) is 0 Å². The smallest absolute Gasteiger partial charge is 0.236 e. The number of likely N-dealkylation sites (tertiary alicyclic amines) is 1. The van der Waals surface area contributed by atoms with Gasteiger partial charge in [-0.05, 0) is 50.9 Å². The van der Waals surface area contributed by atoms with Crippen LogP contribution >= 0.6 is 0 Å². The predicted molar refractivity (Wildman–Crippen MR) is 136 cm³/mol. The van der Waals surface area contributed by atoms with Crippen molar-refractivity contribution in [1.82, 2.24) is 19.9 Å². The molecule has 1 unspecified atom stereocenters. The molecule has 4 rings (SSSR count). The number of anilines is 4. The number of hydrogen-bond donors (Lipinski definition) is 3. The van der Waals surface area contributed by atoms with E-state index < -0.39 is 0 Å². The number of benzene rings is 1. The molecular formula is C25H38N8. The molecule has 1 atom stereocenters. The Balaban J connectivity index is 1.59. The van der Waals surface area contributed by atoms with Gasteiger partial charge < -0.3 is 20.9 Å². The number of para-hydroxylation sites is 1. The second kappa shape index (κ2) is 11.9. The van der Waals surface area contributed by atoms with Crippen LogP contribution in [0.1, 0.15) is 58.3 Å². The second-order valence-corrected chi connectivity index (χ2v) is 9.07. The van der Waals surface area contributed by atoms with Crippen LogP contribution in [0.25, 0.3) is 0 Å². The summed E-state index contributed by atoms with van der Waals surface area (Å²) in [6, 6.07) is 10.9. The highest BCUT2D eigenvalue weighted by Gasteiger charge is 2.24. The first kappa shape index (κ1) is 23.4. The summed E-state index contributed by atoms with van der Waals surface area (Å²) in [6.45, 7) is 5.70. The van der Waals surface area contributed by atoms with Crippen molar-refractivity contribution in [3.63, 3.8) is 0 Å². The highest BCUT2D eigenvalue weighted by Crippen LogP contribution is 2.25. The lowest BCUT2D eigenvalue weighted by Gasteiger charge is -2.25. The Bertz CT molecular complexity index is 866. The van der Waals surface area contributed by atoms with Crippen LogP contribution in [-0.4, -0.2) is 64.3 Å². The zero-order chi connectivity index (χ0) is 22.9. The van der Waals surface area contributed by atoms with E-state index in [1.807, 2.05) is 35.2 Å². The number of rotatable bonds is 10.